The summed E-state index contributed by atoms with van der Waals surface area (Å²) in [6.45, 7) is 13.2. The molecule has 0 spiro atoms. The molecule has 0 radical (unpaired) electrons. The first-order valence-electron chi connectivity index (χ1n) is 4.89. The van der Waals surface area contributed by atoms with E-state index < -0.39 is 28.0 Å². The predicted molar refractivity (Wildman–Crippen MR) is 88.5 cm³/mol. The Morgan fingerprint density at radius 3 is 0.765 bits per heavy atom. The van der Waals surface area contributed by atoms with E-state index in [4.69, 9.17) is 49.1 Å². The second-order valence-corrected chi connectivity index (χ2v) is 36.4. The molecule has 9 heteroatoms. The Morgan fingerprint density at radius 2 is 0.765 bits per heavy atom. The van der Waals surface area contributed by atoms with E-state index >= 15 is 0 Å². The third kappa shape index (κ3) is 71.0. The minimum atomic E-state index is -3.06. The zero-order valence-corrected chi connectivity index (χ0v) is 18.5. The number of nitrogens with one attached hydrogen (secondary N) is 2. The van der Waals surface area contributed by atoms with E-state index in [-0.39, 0.29) is 0 Å². The molecule has 0 amide bonds. The molecule has 0 bridgehead atoms. The topological polar surface area (TPSA) is 47.6 Å². The van der Waals surface area contributed by atoms with Crippen LogP contribution in [0.1, 0.15) is 0 Å². The van der Waals surface area contributed by atoms with E-state index in [0.29, 0.717) is 12.3 Å². The van der Waals surface area contributed by atoms with Crippen LogP contribution in [0.15, 0.2) is 0 Å². The van der Waals surface area contributed by atoms with Crippen molar-refractivity contribution in [1.82, 2.24) is 0 Å². The second kappa shape index (κ2) is 10.9. The van der Waals surface area contributed by atoms with Gasteiger partial charge in [0, 0.05) is 16.1 Å². The Bertz CT molecular complexity index is 158. The van der Waals surface area contributed by atoms with Crippen molar-refractivity contribution in [3.63, 3.8) is 0 Å². The molecule has 0 saturated carbocycles. The van der Waals surface area contributed by atoms with Gasteiger partial charge in [0.2, 0.25) is 0 Å². The molecule has 0 saturated heterocycles. The van der Waals surface area contributed by atoms with Crippen molar-refractivity contribution in [1.29, 1.82) is 0 Å². The van der Waals surface area contributed by atoms with Crippen LogP contribution in [0.3, 0.4) is 0 Å². The molecular weight excluding hydrogens is 517 g/mol. The molecule has 0 aromatic carbocycles. The molecule has 0 aliphatic rings. The maximum atomic E-state index is 6.92. The molecule has 0 heterocycles. The summed E-state index contributed by atoms with van der Waals surface area (Å²) in [5, 5.41) is 0. The zero-order valence-electron chi connectivity index (χ0n) is 11.2. The average molecular weight is 541 g/mol. The third-order valence-electron chi connectivity index (χ3n) is 1.06. The van der Waals surface area contributed by atoms with Crippen molar-refractivity contribution in [3.8, 4) is 0 Å². The van der Waals surface area contributed by atoms with Crippen LogP contribution in [0.2, 0.25) is 39.3 Å². The number of halogens is 4. The zero-order chi connectivity index (χ0) is 14.9. The summed E-state index contributed by atoms with van der Waals surface area (Å²) >= 11 is -3.06. The van der Waals surface area contributed by atoms with Gasteiger partial charge < -0.3 is 11.5 Å². The van der Waals surface area contributed by atoms with Gasteiger partial charge in [-0.05, 0) is 0 Å². The molecule has 0 aliphatic heterocycles. The van der Waals surface area contributed by atoms with Crippen LogP contribution in [0.5, 0.6) is 0 Å². The molecule has 0 aliphatic carbocycles. The van der Waals surface area contributed by atoms with Crippen molar-refractivity contribution in [2.45, 2.75) is 39.3 Å². The van der Waals surface area contributed by atoms with Crippen molar-refractivity contribution >= 4 is 53.8 Å². The summed E-state index contributed by atoms with van der Waals surface area (Å²) in [7, 11) is 18.1. The molecule has 0 unspecified atom stereocenters. The van der Waals surface area contributed by atoms with Gasteiger partial charge in [-0.3, -0.25) is 0 Å². The average Bonchev–Trinajstić information content (AvgIpc) is 2.00. The van der Waals surface area contributed by atoms with E-state index in [0.717, 1.165) is 0 Å². The Morgan fingerprint density at radius 1 is 0.706 bits per heavy atom. The van der Waals surface area contributed by atoms with Gasteiger partial charge in [-0.2, -0.15) is 12.3 Å². The first-order chi connectivity index (χ1) is 7.12. The normalized spacial score (nSPS) is 12.9. The maximum absolute atomic E-state index is 6.92. The Balaban J connectivity index is -0.000000174. The van der Waals surface area contributed by atoms with Crippen LogP contribution in [0.4, 0.5) is 0 Å². The molecule has 17 heavy (non-hydrogen) atoms. The molecule has 2 nitrogen and oxygen atoms in total. The van der Waals surface area contributed by atoms with Crippen LogP contribution in [0, 0.1) is 0 Å². The van der Waals surface area contributed by atoms with Gasteiger partial charge in [-0.25, -0.2) is 0 Å². The van der Waals surface area contributed by atoms with Crippen molar-refractivity contribution in [2.24, 2.45) is 0 Å². The molecule has 0 rings (SSSR count). The van der Waals surface area contributed by atoms with Gasteiger partial charge >= 0.3 is 49.6 Å². The first kappa shape index (κ1) is 24.2. The molecule has 0 aromatic rings. The second-order valence-electron chi connectivity index (χ2n) is 5.75. The van der Waals surface area contributed by atoms with Crippen LogP contribution in [0.25, 0.3) is 11.5 Å². The summed E-state index contributed by atoms with van der Waals surface area (Å²) in [6, 6.07) is 0. The van der Waals surface area contributed by atoms with Crippen LogP contribution in [-0.2, 0) is 11.9 Å². The van der Waals surface area contributed by atoms with Gasteiger partial charge in [0.1, 0.15) is 0 Å². The summed E-state index contributed by atoms with van der Waals surface area (Å²) in [4.78, 5) is 0. The predicted octanol–water partition coefficient (Wildman–Crippen LogP) is 6.59. The molecular formula is C8H24Cl4N2PtSi2. The molecule has 2 N–H and O–H groups in total. The van der Waals surface area contributed by atoms with E-state index in [1.165, 1.54) is 0 Å². The molecule has 0 fully saturated rings. The Kier molecular flexibility index (Phi) is 15.6. The van der Waals surface area contributed by atoms with Crippen LogP contribution < -0.4 is 0 Å². The molecule has 0 atom stereocenters. The third-order valence-corrected chi connectivity index (χ3v) is 3.18. The Hall–Kier alpha value is 2.20. The van der Waals surface area contributed by atoms with E-state index in [2.05, 4.69) is 39.3 Å². The number of rotatable bonds is 2. The quantitative estimate of drug-likeness (QED) is 0.355. The van der Waals surface area contributed by atoms with Crippen molar-refractivity contribution in [2.75, 3.05) is 12.3 Å². The van der Waals surface area contributed by atoms with Gasteiger partial charge in [0.15, 0.2) is 0 Å². The number of hydrogen-bond donors (Lipinski definition) is 0. The van der Waals surface area contributed by atoms with Gasteiger partial charge in [-0.15, -0.1) is 0 Å². The molecule has 0 aromatic heterocycles. The fourth-order valence-corrected chi connectivity index (χ4v) is 0. The van der Waals surface area contributed by atoms with Gasteiger partial charge in [0.05, 0.1) is 0 Å². The minimum absolute atomic E-state index is 0.660. The Labute approximate surface area is 128 Å². The van der Waals surface area contributed by atoms with Crippen LogP contribution >= 0.6 is 37.7 Å². The SMILES string of the molecule is C[Si](C)(C)C[NH-].C[Si](C)(C)C[NH-].[Cl][Pt+2]([Cl])([Cl])[Cl]. The summed E-state index contributed by atoms with van der Waals surface area (Å²) in [6.07, 6.45) is 1.32. The standard InChI is InChI=1S/2C4H12NSi.4ClH.Pt/c2*1-6(2,3)4-5;;;;;/h2*5H,4H2,1-3H3;4*1H;/q2*-1;;;;;+6/p-4. The fraction of sp³-hybridized carbons (Fsp3) is 1.00. The van der Waals surface area contributed by atoms with Crippen molar-refractivity contribution < 1.29 is 11.9 Å². The van der Waals surface area contributed by atoms with E-state index in [1.54, 1.807) is 0 Å². The summed E-state index contributed by atoms with van der Waals surface area (Å²) < 4.78 is 0. The first-order valence-corrected chi connectivity index (χ1v) is 23.6. The van der Waals surface area contributed by atoms with Gasteiger partial charge in [0.25, 0.3) is 0 Å². The van der Waals surface area contributed by atoms with Crippen molar-refractivity contribution in [3.05, 3.63) is 11.5 Å². The van der Waals surface area contributed by atoms with E-state index in [1.807, 2.05) is 0 Å². The van der Waals surface area contributed by atoms with Gasteiger partial charge in [-0.1, -0.05) is 39.3 Å². The fourth-order valence-electron chi connectivity index (χ4n) is 0. The summed E-state index contributed by atoms with van der Waals surface area (Å²) in [5.74, 6) is 0. The number of hydrogen-bond acceptors (Lipinski definition) is 0. The van der Waals surface area contributed by atoms with E-state index in [9.17, 15) is 0 Å². The van der Waals surface area contributed by atoms with Crippen LogP contribution in [-0.4, -0.2) is 28.5 Å². The summed E-state index contributed by atoms with van der Waals surface area (Å²) in [5.41, 5.74) is 13.8. The monoisotopic (exact) mass is 539 g/mol. The molecule has 112 valence electrons.